The summed E-state index contributed by atoms with van der Waals surface area (Å²) < 4.78 is 0. The highest BCUT2D eigenvalue weighted by atomic mass is 32.2. The number of amides is 2. The molecule has 1 aliphatic heterocycles. The quantitative estimate of drug-likeness (QED) is 0.767. The van der Waals surface area contributed by atoms with Gasteiger partial charge in [-0.05, 0) is 20.1 Å². The summed E-state index contributed by atoms with van der Waals surface area (Å²) in [5.41, 5.74) is -0.758. The van der Waals surface area contributed by atoms with Crippen LogP contribution in [0.25, 0.3) is 0 Å². The largest absolute Gasteiger partial charge is 0.342 e. The van der Waals surface area contributed by atoms with Crippen molar-refractivity contribution in [3.63, 3.8) is 0 Å². The normalized spacial score (nSPS) is 21.1. The van der Waals surface area contributed by atoms with E-state index in [0.717, 1.165) is 12.3 Å². The summed E-state index contributed by atoms with van der Waals surface area (Å²) >= 11 is 1.71. The molecule has 4 nitrogen and oxygen atoms in total. The van der Waals surface area contributed by atoms with Gasteiger partial charge in [0.1, 0.15) is 5.54 Å². The van der Waals surface area contributed by atoms with Crippen LogP contribution in [0.1, 0.15) is 20.3 Å². The third-order valence-corrected chi connectivity index (χ3v) is 3.04. The molecule has 0 saturated carbocycles. The Morgan fingerprint density at radius 3 is 2.73 bits per heavy atom. The molecule has 0 aromatic heterocycles. The molecule has 0 unspecified atom stereocenters. The van der Waals surface area contributed by atoms with Crippen LogP contribution in [0.3, 0.4) is 0 Å². The average molecular weight is 230 g/mol. The standard InChI is InChI=1S/C10H18N2O2S/c1-10(2)9(14)12(6-7-15-3)5-4-8(13)11-10/h4-7H2,1-3H3,(H,11,13). The van der Waals surface area contributed by atoms with Gasteiger partial charge in [-0.15, -0.1) is 0 Å². The van der Waals surface area contributed by atoms with Gasteiger partial charge in [0.15, 0.2) is 0 Å². The highest BCUT2D eigenvalue weighted by molar-refractivity contribution is 7.98. The van der Waals surface area contributed by atoms with E-state index >= 15 is 0 Å². The van der Waals surface area contributed by atoms with Crippen molar-refractivity contribution >= 4 is 23.6 Å². The van der Waals surface area contributed by atoms with Crippen molar-refractivity contribution in [1.29, 1.82) is 0 Å². The van der Waals surface area contributed by atoms with E-state index < -0.39 is 5.54 Å². The number of rotatable bonds is 3. The van der Waals surface area contributed by atoms with Crippen LogP contribution in [0.4, 0.5) is 0 Å². The Kier molecular flexibility index (Phi) is 4.02. The molecule has 1 heterocycles. The van der Waals surface area contributed by atoms with Crippen LogP contribution >= 0.6 is 11.8 Å². The fourth-order valence-corrected chi connectivity index (χ4v) is 2.02. The maximum absolute atomic E-state index is 12.0. The Balaban J connectivity index is 2.72. The van der Waals surface area contributed by atoms with Crippen molar-refractivity contribution in [3.8, 4) is 0 Å². The minimum Gasteiger partial charge on any atom is -0.342 e. The first kappa shape index (κ1) is 12.4. The molecule has 1 aliphatic rings. The first-order chi connectivity index (χ1) is 6.97. The Bertz CT molecular complexity index is 266. The minimum absolute atomic E-state index is 0.0161. The van der Waals surface area contributed by atoms with Gasteiger partial charge in [0.25, 0.3) is 0 Å². The first-order valence-corrected chi connectivity index (χ1v) is 6.46. The van der Waals surface area contributed by atoms with Crippen molar-refractivity contribution in [2.45, 2.75) is 25.8 Å². The second-order valence-corrected chi connectivity index (χ2v) is 5.19. The van der Waals surface area contributed by atoms with Crippen LogP contribution in [-0.4, -0.2) is 47.4 Å². The van der Waals surface area contributed by atoms with Crippen LogP contribution in [0.5, 0.6) is 0 Å². The molecular weight excluding hydrogens is 212 g/mol. The van der Waals surface area contributed by atoms with E-state index in [1.54, 1.807) is 30.5 Å². The van der Waals surface area contributed by atoms with Crippen molar-refractivity contribution in [3.05, 3.63) is 0 Å². The van der Waals surface area contributed by atoms with Crippen LogP contribution in [-0.2, 0) is 9.59 Å². The Morgan fingerprint density at radius 1 is 1.47 bits per heavy atom. The second kappa shape index (κ2) is 4.88. The van der Waals surface area contributed by atoms with E-state index in [1.807, 2.05) is 6.26 Å². The summed E-state index contributed by atoms with van der Waals surface area (Å²) in [5, 5.41) is 2.74. The van der Waals surface area contributed by atoms with Gasteiger partial charge in [-0.3, -0.25) is 9.59 Å². The van der Waals surface area contributed by atoms with E-state index in [9.17, 15) is 9.59 Å². The predicted octanol–water partition coefficient (Wildman–Crippen LogP) is 0.476. The summed E-state index contributed by atoms with van der Waals surface area (Å²) in [6.45, 7) is 4.77. The van der Waals surface area contributed by atoms with Crippen molar-refractivity contribution in [2.24, 2.45) is 0 Å². The Labute approximate surface area is 94.8 Å². The molecule has 0 atom stereocenters. The lowest BCUT2D eigenvalue weighted by atomic mass is 10.0. The molecule has 0 radical (unpaired) electrons. The van der Waals surface area contributed by atoms with Crippen molar-refractivity contribution < 1.29 is 9.59 Å². The highest BCUT2D eigenvalue weighted by Gasteiger charge is 2.35. The number of carbonyl (C=O) groups is 2. The fraction of sp³-hybridized carbons (Fsp3) is 0.800. The van der Waals surface area contributed by atoms with E-state index in [4.69, 9.17) is 0 Å². The number of thioether (sulfide) groups is 1. The van der Waals surface area contributed by atoms with Crippen LogP contribution in [0.2, 0.25) is 0 Å². The molecule has 1 fully saturated rings. The van der Waals surface area contributed by atoms with Gasteiger partial charge < -0.3 is 10.2 Å². The minimum atomic E-state index is -0.758. The number of hydrogen-bond donors (Lipinski definition) is 1. The topological polar surface area (TPSA) is 49.4 Å². The van der Waals surface area contributed by atoms with E-state index in [-0.39, 0.29) is 11.8 Å². The van der Waals surface area contributed by atoms with Gasteiger partial charge in [-0.2, -0.15) is 11.8 Å². The molecule has 0 aromatic carbocycles. The van der Waals surface area contributed by atoms with Crippen molar-refractivity contribution in [2.75, 3.05) is 25.1 Å². The smallest absolute Gasteiger partial charge is 0.247 e. The first-order valence-electron chi connectivity index (χ1n) is 5.06. The number of nitrogens with zero attached hydrogens (tertiary/aromatic N) is 1. The van der Waals surface area contributed by atoms with Gasteiger partial charge in [-0.25, -0.2) is 0 Å². The molecular formula is C10H18N2O2S. The molecule has 0 bridgehead atoms. The van der Waals surface area contributed by atoms with Gasteiger partial charge in [0.2, 0.25) is 11.8 Å². The summed E-state index contributed by atoms with van der Waals surface area (Å²) in [6, 6.07) is 0. The zero-order valence-electron chi connectivity index (χ0n) is 9.50. The third-order valence-electron chi connectivity index (χ3n) is 2.45. The van der Waals surface area contributed by atoms with Crippen molar-refractivity contribution in [1.82, 2.24) is 10.2 Å². The van der Waals surface area contributed by atoms with E-state index in [0.29, 0.717) is 13.0 Å². The summed E-state index contributed by atoms with van der Waals surface area (Å²) in [4.78, 5) is 25.2. The third kappa shape index (κ3) is 3.12. The SMILES string of the molecule is CSCCN1CCC(=O)NC(C)(C)C1=O. The van der Waals surface area contributed by atoms with Gasteiger partial charge in [0, 0.05) is 25.3 Å². The summed E-state index contributed by atoms with van der Waals surface area (Å²) in [6.07, 6.45) is 2.42. The molecule has 0 aliphatic carbocycles. The Morgan fingerprint density at radius 2 is 2.13 bits per heavy atom. The molecule has 1 N–H and O–H groups in total. The zero-order valence-corrected chi connectivity index (χ0v) is 10.3. The second-order valence-electron chi connectivity index (χ2n) is 4.21. The van der Waals surface area contributed by atoms with E-state index in [2.05, 4.69) is 5.32 Å². The fourth-order valence-electron chi connectivity index (χ4n) is 1.61. The number of carbonyl (C=O) groups excluding carboxylic acids is 2. The number of nitrogens with one attached hydrogen (secondary N) is 1. The molecule has 0 aromatic rings. The van der Waals surface area contributed by atoms with E-state index in [1.165, 1.54) is 0 Å². The molecule has 1 rings (SSSR count). The maximum Gasteiger partial charge on any atom is 0.247 e. The highest BCUT2D eigenvalue weighted by Crippen LogP contribution is 2.13. The molecule has 86 valence electrons. The van der Waals surface area contributed by atoms with Crippen LogP contribution in [0, 0.1) is 0 Å². The van der Waals surface area contributed by atoms with Gasteiger partial charge in [0.05, 0.1) is 0 Å². The van der Waals surface area contributed by atoms with Gasteiger partial charge in [-0.1, -0.05) is 0 Å². The van der Waals surface area contributed by atoms with Crippen LogP contribution in [0.15, 0.2) is 0 Å². The molecule has 2 amide bonds. The monoisotopic (exact) mass is 230 g/mol. The molecule has 5 heteroatoms. The molecule has 1 saturated heterocycles. The molecule has 15 heavy (non-hydrogen) atoms. The zero-order chi connectivity index (χ0) is 11.5. The number of hydrogen-bond acceptors (Lipinski definition) is 3. The lowest BCUT2D eigenvalue weighted by Crippen LogP contribution is -2.53. The lowest BCUT2D eigenvalue weighted by Gasteiger charge is -2.28. The predicted molar refractivity (Wildman–Crippen MR) is 61.8 cm³/mol. The maximum atomic E-state index is 12.0. The molecule has 0 spiro atoms. The lowest BCUT2D eigenvalue weighted by molar-refractivity contribution is -0.137. The summed E-state index contributed by atoms with van der Waals surface area (Å²) in [7, 11) is 0. The average Bonchev–Trinajstić information content (AvgIpc) is 2.24. The Hall–Kier alpha value is -0.710. The summed E-state index contributed by atoms with van der Waals surface area (Å²) in [5.74, 6) is 0.887. The van der Waals surface area contributed by atoms with Gasteiger partial charge >= 0.3 is 0 Å². The van der Waals surface area contributed by atoms with Crippen LogP contribution < -0.4 is 5.32 Å².